The SMILES string of the molecule is CN1C(=O)N(CC(=O)OCC(=O)NCc2ccco2)C(=O)C12CCCCC2. The summed E-state index contributed by atoms with van der Waals surface area (Å²) in [6, 6.07) is 2.90. The van der Waals surface area contributed by atoms with E-state index in [1.54, 1.807) is 19.2 Å². The van der Waals surface area contributed by atoms with E-state index in [9.17, 15) is 19.2 Å². The van der Waals surface area contributed by atoms with E-state index >= 15 is 0 Å². The van der Waals surface area contributed by atoms with Crippen LogP contribution in [0.1, 0.15) is 37.9 Å². The fourth-order valence-electron chi connectivity index (χ4n) is 3.64. The van der Waals surface area contributed by atoms with Crippen LogP contribution in [0.3, 0.4) is 0 Å². The lowest BCUT2D eigenvalue weighted by Gasteiger charge is -2.35. The summed E-state index contributed by atoms with van der Waals surface area (Å²) in [6.45, 7) is -0.800. The Morgan fingerprint density at radius 1 is 1.26 bits per heavy atom. The molecule has 2 fully saturated rings. The minimum Gasteiger partial charge on any atom is -0.467 e. The van der Waals surface area contributed by atoms with E-state index in [-0.39, 0.29) is 12.5 Å². The van der Waals surface area contributed by atoms with E-state index in [1.165, 1.54) is 11.2 Å². The number of esters is 1. The molecule has 9 nitrogen and oxygen atoms in total. The average molecular weight is 377 g/mol. The molecule has 2 heterocycles. The topological polar surface area (TPSA) is 109 Å². The summed E-state index contributed by atoms with van der Waals surface area (Å²) in [5.41, 5.74) is -0.837. The van der Waals surface area contributed by atoms with Gasteiger partial charge in [0.1, 0.15) is 17.8 Å². The molecule has 27 heavy (non-hydrogen) atoms. The zero-order chi connectivity index (χ0) is 19.4. The van der Waals surface area contributed by atoms with Crippen molar-refractivity contribution >= 4 is 23.8 Å². The largest absolute Gasteiger partial charge is 0.467 e. The third kappa shape index (κ3) is 3.81. The van der Waals surface area contributed by atoms with Crippen LogP contribution in [0.15, 0.2) is 22.8 Å². The van der Waals surface area contributed by atoms with E-state index in [1.807, 2.05) is 0 Å². The van der Waals surface area contributed by atoms with Crippen LogP contribution in [-0.2, 0) is 25.7 Å². The maximum Gasteiger partial charge on any atom is 0.327 e. The van der Waals surface area contributed by atoms with Crippen LogP contribution in [0.2, 0.25) is 0 Å². The Balaban J connectivity index is 1.49. The quantitative estimate of drug-likeness (QED) is 0.586. The highest BCUT2D eigenvalue weighted by Gasteiger charge is 2.55. The number of ether oxygens (including phenoxy) is 1. The van der Waals surface area contributed by atoms with E-state index in [2.05, 4.69) is 5.32 Å². The van der Waals surface area contributed by atoms with Crippen molar-refractivity contribution in [2.75, 3.05) is 20.2 Å². The summed E-state index contributed by atoms with van der Waals surface area (Å²) in [5, 5.41) is 2.54. The number of carbonyl (C=O) groups is 4. The monoisotopic (exact) mass is 377 g/mol. The molecule has 2 aliphatic rings. The zero-order valence-corrected chi connectivity index (χ0v) is 15.2. The number of furan rings is 1. The van der Waals surface area contributed by atoms with Gasteiger partial charge < -0.3 is 19.4 Å². The Kier molecular flexibility index (Phi) is 5.48. The Morgan fingerprint density at radius 2 is 2.00 bits per heavy atom. The predicted molar refractivity (Wildman–Crippen MR) is 92.2 cm³/mol. The van der Waals surface area contributed by atoms with Crippen LogP contribution in [0.25, 0.3) is 0 Å². The molecule has 0 aromatic carbocycles. The number of rotatable bonds is 6. The molecule has 1 aromatic rings. The van der Waals surface area contributed by atoms with Gasteiger partial charge in [0, 0.05) is 7.05 Å². The van der Waals surface area contributed by atoms with Gasteiger partial charge in [-0.2, -0.15) is 0 Å². The van der Waals surface area contributed by atoms with Crippen molar-refractivity contribution in [3.8, 4) is 0 Å². The summed E-state index contributed by atoms with van der Waals surface area (Å²) in [6.07, 6.45) is 5.48. The van der Waals surface area contributed by atoms with Gasteiger partial charge in [-0.3, -0.25) is 19.3 Å². The maximum absolute atomic E-state index is 12.8. The first-order valence-corrected chi connectivity index (χ1v) is 8.98. The van der Waals surface area contributed by atoms with Crippen LogP contribution in [0.5, 0.6) is 0 Å². The number of nitrogens with zero attached hydrogens (tertiary/aromatic N) is 2. The minimum absolute atomic E-state index is 0.180. The standard InChI is InChI=1S/C18H23N3O6/c1-20-17(25)21(16(24)18(20)7-3-2-4-8-18)11-15(23)27-12-14(22)19-10-13-6-5-9-26-13/h5-6,9H,2-4,7-8,10-12H2,1H3,(H,19,22). The van der Waals surface area contributed by atoms with Gasteiger partial charge in [0.15, 0.2) is 6.61 Å². The molecule has 1 aliphatic carbocycles. The summed E-state index contributed by atoms with van der Waals surface area (Å²) in [4.78, 5) is 51.3. The number of urea groups is 1. The molecule has 4 amide bonds. The minimum atomic E-state index is -0.837. The summed E-state index contributed by atoms with van der Waals surface area (Å²) < 4.78 is 9.97. The lowest BCUT2D eigenvalue weighted by atomic mass is 9.81. The summed E-state index contributed by atoms with van der Waals surface area (Å²) in [5.74, 6) is -1.08. The van der Waals surface area contributed by atoms with E-state index in [0.29, 0.717) is 18.6 Å². The van der Waals surface area contributed by atoms with Crippen molar-refractivity contribution in [3.05, 3.63) is 24.2 Å². The number of carbonyl (C=O) groups excluding carboxylic acids is 4. The first kappa shape index (κ1) is 18.9. The predicted octanol–water partition coefficient (Wildman–Crippen LogP) is 1.04. The Labute approximate surface area is 156 Å². The number of imide groups is 1. The van der Waals surface area contributed by atoms with Crippen molar-refractivity contribution in [1.82, 2.24) is 15.1 Å². The van der Waals surface area contributed by atoms with Crippen molar-refractivity contribution in [2.45, 2.75) is 44.2 Å². The first-order chi connectivity index (χ1) is 12.9. The molecule has 1 saturated heterocycles. The van der Waals surface area contributed by atoms with Crippen LogP contribution in [-0.4, -0.2) is 59.4 Å². The number of amides is 4. The third-order valence-electron chi connectivity index (χ3n) is 5.18. The molecule has 1 saturated carbocycles. The molecule has 3 rings (SSSR count). The molecular weight excluding hydrogens is 354 g/mol. The molecule has 146 valence electrons. The van der Waals surface area contributed by atoms with E-state index in [0.717, 1.165) is 24.2 Å². The van der Waals surface area contributed by atoms with Gasteiger partial charge >= 0.3 is 12.0 Å². The first-order valence-electron chi connectivity index (χ1n) is 8.98. The van der Waals surface area contributed by atoms with Gasteiger partial charge in [0.25, 0.3) is 11.8 Å². The van der Waals surface area contributed by atoms with Crippen molar-refractivity contribution in [1.29, 1.82) is 0 Å². The molecule has 0 atom stereocenters. The molecule has 0 radical (unpaired) electrons. The van der Waals surface area contributed by atoms with Crippen molar-refractivity contribution in [3.63, 3.8) is 0 Å². The number of likely N-dealkylation sites (N-methyl/N-ethyl adjacent to an activating group) is 1. The van der Waals surface area contributed by atoms with Gasteiger partial charge in [-0.15, -0.1) is 0 Å². The average Bonchev–Trinajstić information content (AvgIpc) is 3.25. The lowest BCUT2D eigenvalue weighted by Crippen LogP contribution is -2.49. The molecular formula is C18H23N3O6. The fourth-order valence-corrected chi connectivity index (χ4v) is 3.64. The normalized spacial score (nSPS) is 18.9. The molecule has 1 N–H and O–H groups in total. The molecule has 0 bridgehead atoms. The third-order valence-corrected chi connectivity index (χ3v) is 5.18. The molecule has 1 aliphatic heterocycles. The Morgan fingerprint density at radius 3 is 2.67 bits per heavy atom. The van der Waals surface area contributed by atoms with Gasteiger partial charge in [0.05, 0.1) is 12.8 Å². The Bertz CT molecular complexity index is 723. The highest BCUT2D eigenvalue weighted by molar-refractivity contribution is 6.08. The fraction of sp³-hybridized carbons (Fsp3) is 0.556. The lowest BCUT2D eigenvalue weighted by molar-refractivity contribution is -0.151. The van der Waals surface area contributed by atoms with E-state index in [4.69, 9.17) is 9.15 Å². The molecule has 1 spiro atoms. The highest BCUT2D eigenvalue weighted by atomic mass is 16.5. The van der Waals surface area contributed by atoms with Crippen LogP contribution >= 0.6 is 0 Å². The smallest absolute Gasteiger partial charge is 0.327 e. The number of nitrogens with one attached hydrogen (secondary N) is 1. The second-order valence-corrected chi connectivity index (χ2v) is 6.84. The van der Waals surface area contributed by atoms with Crippen molar-refractivity contribution in [2.24, 2.45) is 0 Å². The van der Waals surface area contributed by atoms with Gasteiger partial charge in [-0.05, 0) is 25.0 Å². The van der Waals surface area contributed by atoms with Gasteiger partial charge in [0.2, 0.25) is 0 Å². The zero-order valence-electron chi connectivity index (χ0n) is 15.2. The Hall–Kier alpha value is -2.84. The van der Waals surface area contributed by atoms with Crippen LogP contribution in [0, 0.1) is 0 Å². The molecule has 1 aromatic heterocycles. The van der Waals surface area contributed by atoms with Crippen LogP contribution in [0.4, 0.5) is 4.79 Å². The molecule has 0 unspecified atom stereocenters. The summed E-state index contributed by atoms with van der Waals surface area (Å²) in [7, 11) is 1.60. The number of hydrogen-bond acceptors (Lipinski definition) is 6. The van der Waals surface area contributed by atoms with Gasteiger partial charge in [-0.1, -0.05) is 19.3 Å². The summed E-state index contributed by atoms with van der Waals surface area (Å²) >= 11 is 0. The van der Waals surface area contributed by atoms with E-state index < -0.39 is 36.6 Å². The maximum atomic E-state index is 12.8. The second-order valence-electron chi connectivity index (χ2n) is 6.84. The van der Waals surface area contributed by atoms with Gasteiger partial charge in [-0.25, -0.2) is 4.79 Å². The van der Waals surface area contributed by atoms with Crippen LogP contribution < -0.4 is 5.32 Å². The highest BCUT2D eigenvalue weighted by Crippen LogP contribution is 2.39. The number of hydrogen-bond donors (Lipinski definition) is 1. The van der Waals surface area contributed by atoms with Crippen molar-refractivity contribution < 1.29 is 28.3 Å². The second kappa shape index (κ2) is 7.81. The molecule has 9 heteroatoms.